The van der Waals surface area contributed by atoms with E-state index in [1.165, 1.54) is 13.2 Å². The molecule has 0 aliphatic heterocycles. The molecule has 0 unspecified atom stereocenters. The molecule has 0 saturated carbocycles. The molecule has 2 aromatic rings. The average Bonchev–Trinajstić information content (AvgIpc) is 2.59. The molecule has 1 heterocycles. The highest BCUT2D eigenvalue weighted by molar-refractivity contribution is 5.93. The zero-order valence-corrected chi connectivity index (χ0v) is 7.98. The van der Waals surface area contributed by atoms with Crippen LogP contribution in [-0.2, 0) is 0 Å². The molecule has 5 nitrogen and oxygen atoms in total. The fraction of sp³-hybridized carbons (Fsp3) is 0.100. The number of carboxylic acid groups (broad SMARTS) is 1. The first kappa shape index (κ1) is 9.39. The monoisotopic (exact) mass is 207 g/mol. The van der Waals surface area contributed by atoms with Crippen molar-refractivity contribution in [3.63, 3.8) is 0 Å². The Kier molecular flexibility index (Phi) is 2.00. The molecule has 0 fully saturated rings. The van der Waals surface area contributed by atoms with Crippen LogP contribution in [0.5, 0.6) is 5.75 Å². The summed E-state index contributed by atoms with van der Waals surface area (Å²) in [6.45, 7) is 0. The number of hydrogen-bond donors (Lipinski definition) is 2. The second-order valence-corrected chi connectivity index (χ2v) is 3.05. The van der Waals surface area contributed by atoms with Crippen LogP contribution in [0.4, 0.5) is 5.69 Å². The molecule has 2 rings (SSSR count). The fourth-order valence-electron chi connectivity index (χ4n) is 1.37. The molecule has 0 aliphatic carbocycles. The molecule has 15 heavy (non-hydrogen) atoms. The molecule has 0 saturated heterocycles. The van der Waals surface area contributed by atoms with Crippen LogP contribution in [0.25, 0.3) is 11.0 Å². The van der Waals surface area contributed by atoms with Gasteiger partial charge in [-0.1, -0.05) is 0 Å². The van der Waals surface area contributed by atoms with E-state index < -0.39 is 5.97 Å². The van der Waals surface area contributed by atoms with Gasteiger partial charge in [0.05, 0.1) is 12.8 Å². The zero-order valence-electron chi connectivity index (χ0n) is 7.98. The normalized spacial score (nSPS) is 10.5. The molecule has 3 N–H and O–H groups in total. The highest BCUT2D eigenvalue weighted by Gasteiger charge is 2.12. The molecule has 0 amide bonds. The SMILES string of the molecule is COc1cc2oc(C(=O)O)cc2cc1N. The van der Waals surface area contributed by atoms with Crippen molar-refractivity contribution in [2.24, 2.45) is 0 Å². The van der Waals surface area contributed by atoms with Gasteiger partial charge in [0.25, 0.3) is 0 Å². The molecule has 0 radical (unpaired) electrons. The van der Waals surface area contributed by atoms with Crippen molar-refractivity contribution in [2.75, 3.05) is 12.8 Å². The topological polar surface area (TPSA) is 85.7 Å². The van der Waals surface area contributed by atoms with E-state index in [-0.39, 0.29) is 5.76 Å². The van der Waals surface area contributed by atoms with Gasteiger partial charge in [0, 0.05) is 11.5 Å². The van der Waals surface area contributed by atoms with Gasteiger partial charge >= 0.3 is 5.97 Å². The number of ether oxygens (including phenoxy) is 1. The second-order valence-electron chi connectivity index (χ2n) is 3.05. The Hall–Kier alpha value is -2.17. The van der Waals surface area contributed by atoms with Crippen molar-refractivity contribution in [2.45, 2.75) is 0 Å². The maximum Gasteiger partial charge on any atom is 0.371 e. The molecule has 0 aliphatic rings. The number of carbonyl (C=O) groups is 1. The van der Waals surface area contributed by atoms with Crippen LogP contribution in [0.15, 0.2) is 22.6 Å². The van der Waals surface area contributed by atoms with Crippen LogP contribution >= 0.6 is 0 Å². The molecule has 0 bridgehead atoms. The number of methoxy groups -OCH3 is 1. The third kappa shape index (κ3) is 1.48. The van der Waals surface area contributed by atoms with Crippen LogP contribution in [-0.4, -0.2) is 18.2 Å². The Labute approximate surface area is 85.0 Å². The Morgan fingerprint density at radius 2 is 2.20 bits per heavy atom. The van der Waals surface area contributed by atoms with Crippen molar-refractivity contribution in [3.8, 4) is 5.75 Å². The van der Waals surface area contributed by atoms with Crippen LogP contribution in [0.2, 0.25) is 0 Å². The van der Waals surface area contributed by atoms with E-state index in [4.69, 9.17) is 20.0 Å². The minimum absolute atomic E-state index is 0.113. The van der Waals surface area contributed by atoms with Gasteiger partial charge in [0.15, 0.2) is 0 Å². The van der Waals surface area contributed by atoms with E-state index in [1.807, 2.05) is 0 Å². The molecular weight excluding hydrogens is 198 g/mol. The lowest BCUT2D eigenvalue weighted by molar-refractivity contribution is 0.0665. The lowest BCUT2D eigenvalue weighted by Gasteiger charge is -2.02. The van der Waals surface area contributed by atoms with E-state index in [9.17, 15) is 4.79 Å². The van der Waals surface area contributed by atoms with Gasteiger partial charge in [-0.3, -0.25) is 0 Å². The lowest BCUT2D eigenvalue weighted by Crippen LogP contribution is -1.91. The number of nitrogens with two attached hydrogens (primary N) is 1. The van der Waals surface area contributed by atoms with Crippen LogP contribution in [0.3, 0.4) is 0 Å². The highest BCUT2D eigenvalue weighted by Crippen LogP contribution is 2.29. The van der Waals surface area contributed by atoms with Gasteiger partial charge in [0.2, 0.25) is 5.76 Å². The van der Waals surface area contributed by atoms with Gasteiger partial charge in [-0.25, -0.2) is 4.79 Å². The van der Waals surface area contributed by atoms with Crippen molar-refractivity contribution >= 4 is 22.6 Å². The predicted octanol–water partition coefficient (Wildman–Crippen LogP) is 1.72. The van der Waals surface area contributed by atoms with Crippen molar-refractivity contribution in [3.05, 3.63) is 24.0 Å². The number of nitrogen functional groups attached to an aromatic ring is 1. The molecular formula is C10H9NO4. The summed E-state index contributed by atoms with van der Waals surface area (Å²) in [6.07, 6.45) is 0. The van der Waals surface area contributed by atoms with Crippen molar-refractivity contribution in [1.82, 2.24) is 0 Å². The third-order valence-corrected chi connectivity index (χ3v) is 2.08. The van der Waals surface area contributed by atoms with Gasteiger partial charge < -0.3 is 20.0 Å². The standard InChI is InChI=1S/C10H9NO4/c1-14-8-4-7-5(2-6(8)11)3-9(15-7)10(12)13/h2-4H,11H2,1H3,(H,12,13). The van der Waals surface area contributed by atoms with Crippen LogP contribution in [0, 0.1) is 0 Å². The molecule has 78 valence electrons. The van der Waals surface area contributed by atoms with E-state index in [0.29, 0.717) is 22.4 Å². The number of hydrogen-bond acceptors (Lipinski definition) is 4. The van der Waals surface area contributed by atoms with E-state index in [1.54, 1.807) is 12.1 Å². The summed E-state index contributed by atoms with van der Waals surface area (Å²) in [5.74, 6) is -0.754. The largest absolute Gasteiger partial charge is 0.494 e. The van der Waals surface area contributed by atoms with Gasteiger partial charge in [-0.15, -0.1) is 0 Å². The van der Waals surface area contributed by atoms with Crippen LogP contribution in [0.1, 0.15) is 10.6 Å². The minimum atomic E-state index is -1.11. The Balaban J connectivity index is 2.66. The number of fused-ring (bicyclic) bond motifs is 1. The number of anilines is 1. The molecule has 0 spiro atoms. The van der Waals surface area contributed by atoms with Gasteiger partial charge in [-0.05, 0) is 12.1 Å². The van der Waals surface area contributed by atoms with E-state index in [2.05, 4.69) is 0 Å². The second kappa shape index (κ2) is 3.20. The van der Waals surface area contributed by atoms with Crippen molar-refractivity contribution < 1.29 is 19.1 Å². The summed E-state index contributed by atoms with van der Waals surface area (Å²) >= 11 is 0. The van der Waals surface area contributed by atoms with E-state index in [0.717, 1.165) is 0 Å². The number of aromatic carboxylic acids is 1. The third-order valence-electron chi connectivity index (χ3n) is 2.08. The molecule has 1 aromatic carbocycles. The summed E-state index contributed by atoms with van der Waals surface area (Å²) in [4.78, 5) is 10.7. The quantitative estimate of drug-likeness (QED) is 0.732. The number of rotatable bonds is 2. The van der Waals surface area contributed by atoms with Gasteiger partial charge in [0.1, 0.15) is 11.3 Å². The highest BCUT2D eigenvalue weighted by atomic mass is 16.5. The number of furan rings is 1. The number of carboxylic acids is 1. The molecule has 5 heteroatoms. The predicted molar refractivity (Wildman–Crippen MR) is 54.1 cm³/mol. The van der Waals surface area contributed by atoms with Crippen molar-refractivity contribution in [1.29, 1.82) is 0 Å². The van der Waals surface area contributed by atoms with Crippen LogP contribution < -0.4 is 10.5 Å². The maximum absolute atomic E-state index is 10.7. The minimum Gasteiger partial charge on any atom is -0.494 e. The van der Waals surface area contributed by atoms with Gasteiger partial charge in [-0.2, -0.15) is 0 Å². The maximum atomic E-state index is 10.7. The zero-order chi connectivity index (χ0) is 11.0. The first-order valence-electron chi connectivity index (χ1n) is 4.22. The summed E-state index contributed by atoms with van der Waals surface area (Å²) in [5.41, 5.74) is 6.56. The summed E-state index contributed by atoms with van der Waals surface area (Å²) in [6, 6.07) is 4.61. The Morgan fingerprint density at radius 3 is 2.80 bits per heavy atom. The smallest absolute Gasteiger partial charge is 0.371 e. The fourth-order valence-corrected chi connectivity index (χ4v) is 1.37. The van der Waals surface area contributed by atoms with E-state index >= 15 is 0 Å². The average molecular weight is 207 g/mol. The molecule has 0 atom stereocenters. The number of benzene rings is 1. The summed E-state index contributed by atoms with van der Waals surface area (Å²) < 4.78 is 10.1. The lowest BCUT2D eigenvalue weighted by atomic mass is 10.2. The summed E-state index contributed by atoms with van der Waals surface area (Å²) in [7, 11) is 1.48. The molecule has 1 aromatic heterocycles. The Bertz CT molecular complexity index is 529. The first-order valence-corrected chi connectivity index (χ1v) is 4.22. The summed E-state index contributed by atoms with van der Waals surface area (Å²) in [5, 5.41) is 9.37. The first-order chi connectivity index (χ1) is 7.11. The Morgan fingerprint density at radius 1 is 1.47 bits per heavy atom.